The molecule has 6 heteroatoms. The first-order valence-electron chi connectivity index (χ1n) is 4.27. The number of nitrogens with one attached hydrogen (secondary N) is 1. The van der Waals surface area contributed by atoms with Crippen LogP contribution in [0.25, 0.3) is 0 Å². The molecule has 1 unspecified atom stereocenters. The van der Waals surface area contributed by atoms with E-state index in [9.17, 15) is 9.00 Å². The summed E-state index contributed by atoms with van der Waals surface area (Å²) in [6, 6.07) is 3.41. The minimum atomic E-state index is -1.09. The van der Waals surface area contributed by atoms with Crippen molar-refractivity contribution in [1.82, 2.24) is 0 Å². The molecular formula is C9H10N2O2S2. The Morgan fingerprint density at radius 3 is 2.93 bits per heavy atom. The third-order valence-corrected chi connectivity index (χ3v) is 4.10. The molecule has 80 valence electrons. The Hall–Kier alpha value is -1.01. The Labute approximate surface area is 94.1 Å². The second-order valence-electron chi connectivity index (χ2n) is 3.18. The number of rotatable bonds is 1. The Morgan fingerprint density at radius 1 is 1.53 bits per heavy atom. The average molecular weight is 242 g/mol. The number of fused-ring (bicyclic) bond motifs is 1. The predicted molar refractivity (Wildman–Crippen MR) is 62.5 cm³/mol. The monoisotopic (exact) mass is 242 g/mol. The van der Waals surface area contributed by atoms with E-state index in [1.165, 1.54) is 11.8 Å². The molecule has 1 aromatic rings. The maximum atomic E-state index is 11.3. The third-order valence-electron chi connectivity index (χ3n) is 2.04. The molecule has 0 bridgehead atoms. The van der Waals surface area contributed by atoms with Gasteiger partial charge in [0.05, 0.1) is 16.3 Å². The van der Waals surface area contributed by atoms with Crippen molar-refractivity contribution >= 4 is 39.8 Å². The highest BCUT2D eigenvalue weighted by molar-refractivity contribution is 8.00. The quantitative estimate of drug-likeness (QED) is 0.722. The van der Waals surface area contributed by atoms with E-state index < -0.39 is 10.8 Å². The summed E-state index contributed by atoms with van der Waals surface area (Å²) >= 11 is 1.41. The van der Waals surface area contributed by atoms with Gasteiger partial charge in [0.15, 0.2) is 0 Å². The molecule has 1 aliphatic rings. The lowest BCUT2D eigenvalue weighted by molar-refractivity contribution is -0.113. The van der Waals surface area contributed by atoms with E-state index in [0.717, 1.165) is 4.90 Å². The Kier molecular flexibility index (Phi) is 2.70. The molecule has 1 atom stereocenters. The molecule has 0 saturated heterocycles. The number of carbonyl (C=O) groups excluding carboxylic acids is 1. The van der Waals surface area contributed by atoms with Crippen LogP contribution in [-0.2, 0) is 15.6 Å². The number of carbonyl (C=O) groups is 1. The summed E-state index contributed by atoms with van der Waals surface area (Å²) in [5.41, 5.74) is 7.06. The summed E-state index contributed by atoms with van der Waals surface area (Å²) < 4.78 is 11.3. The Morgan fingerprint density at radius 2 is 2.27 bits per heavy atom. The van der Waals surface area contributed by atoms with Crippen molar-refractivity contribution in [2.75, 3.05) is 23.1 Å². The summed E-state index contributed by atoms with van der Waals surface area (Å²) in [4.78, 5) is 12.7. The number of thioether (sulfide) groups is 1. The van der Waals surface area contributed by atoms with Crippen LogP contribution in [0.2, 0.25) is 0 Å². The molecule has 15 heavy (non-hydrogen) atoms. The van der Waals surface area contributed by atoms with Crippen LogP contribution in [0.1, 0.15) is 0 Å². The number of nitrogens with two attached hydrogens (primary N) is 1. The van der Waals surface area contributed by atoms with Gasteiger partial charge in [0, 0.05) is 27.6 Å². The maximum Gasteiger partial charge on any atom is 0.234 e. The van der Waals surface area contributed by atoms with Crippen molar-refractivity contribution in [2.24, 2.45) is 0 Å². The molecule has 1 aliphatic heterocycles. The molecule has 2 rings (SSSR count). The molecule has 0 spiro atoms. The van der Waals surface area contributed by atoms with Gasteiger partial charge >= 0.3 is 0 Å². The van der Waals surface area contributed by atoms with E-state index in [0.29, 0.717) is 22.0 Å². The molecule has 1 amide bonds. The predicted octanol–water partition coefficient (Wildman–Crippen LogP) is 1.05. The summed E-state index contributed by atoms with van der Waals surface area (Å²) in [7, 11) is -1.09. The fraction of sp³-hybridized carbons (Fsp3) is 0.222. The SMILES string of the molecule is CS(=O)c1cc(N)c2c(c1)NC(=O)CS2. The molecule has 3 N–H and O–H groups in total. The molecule has 4 nitrogen and oxygen atoms in total. The van der Waals surface area contributed by atoms with Gasteiger partial charge in [0.25, 0.3) is 0 Å². The summed E-state index contributed by atoms with van der Waals surface area (Å²) in [5, 5.41) is 2.72. The lowest BCUT2D eigenvalue weighted by Crippen LogP contribution is -2.19. The molecule has 0 aromatic heterocycles. The van der Waals surface area contributed by atoms with E-state index in [1.54, 1.807) is 18.4 Å². The minimum Gasteiger partial charge on any atom is -0.398 e. The largest absolute Gasteiger partial charge is 0.398 e. The number of hydrogen-bond acceptors (Lipinski definition) is 4. The fourth-order valence-corrected chi connectivity index (χ4v) is 2.78. The zero-order valence-corrected chi connectivity index (χ0v) is 9.71. The van der Waals surface area contributed by atoms with Crippen LogP contribution in [0.15, 0.2) is 21.9 Å². The second kappa shape index (κ2) is 3.86. The van der Waals surface area contributed by atoms with Gasteiger partial charge in [-0.1, -0.05) is 0 Å². The highest BCUT2D eigenvalue weighted by Gasteiger charge is 2.19. The summed E-state index contributed by atoms with van der Waals surface area (Å²) in [5.74, 6) is 0.331. The maximum absolute atomic E-state index is 11.3. The smallest absolute Gasteiger partial charge is 0.234 e. The summed E-state index contributed by atoms with van der Waals surface area (Å²) in [6.07, 6.45) is 1.58. The van der Waals surface area contributed by atoms with Crippen molar-refractivity contribution in [3.8, 4) is 0 Å². The minimum absolute atomic E-state index is 0.0501. The van der Waals surface area contributed by atoms with Gasteiger partial charge in [-0.3, -0.25) is 9.00 Å². The fourth-order valence-electron chi connectivity index (χ4n) is 1.37. The molecule has 0 aliphatic carbocycles. The van der Waals surface area contributed by atoms with Crippen LogP contribution in [0.5, 0.6) is 0 Å². The zero-order chi connectivity index (χ0) is 11.0. The number of nitrogen functional groups attached to an aromatic ring is 1. The topological polar surface area (TPSA) is 72.2 Å². The highest BCUT2D eigenvalue weighted by Crippen LogP contribution is 2.37. The highest BCUT2D eigenvalue weighted by atomic mass is 32.2. The van der Waals surface area contributed by atoms with Crippen LogP contribution in [0.4, 0.5) is 11.4 Å². The lowest BCUT2D eigenvalue weighted by atomic mass is 10.2. The molecular weight excluding hydrogens is 232 g/mol. The Balaban J connectivity index is 2.53. The summed E-state index contributed by atoms with van der Waals surface area (Å²) in [6.45, 7) is 0. The first-order chi connectivity index (χ1) is 7.08. The van der Waals surface area contributed by atoms with Gasteiger partial charge in [0.1, 0.15) is 0 Å². The first kappa shape index (κ1) is 10.5. The van der Waals surface area contributed by atoms with Crippen LogP contribution in [0, 0.1) is 0 Å². The molecule has 0 fully saturated rings. The van der Waals surface area contributed by atoms with Crippen molar-refractivity contribution in [1.29, 1.82) is 0 Å². The standard InChI is InChI=1S/C9H10N2O2S2/c1-15(13)5-2-6(10)9-7(3-5)11-8(12)4-14-9/h2-3H,4,10H2,1H3,(H,11,12). The van der Waals surface area contributed by atoms with E-state index >= 15 is 0 Å². The third kappa shape index (κ3) is 2.00. The van der Waals surface area contributed by atoms with E-state index in [2.05, 4.69) is 5.32 Å². The van der Waals surface area contributed by atoms with Gasteiger partial charge < -0.3 is 11.1 Å². The van der Waals surface area contributed by atoms with Gasteiger partial charge in [-0.15, -0.1) is 11.8 Å². The van der Waals surface area contributed by atoms with E-state index in [4.69, 9.17) is 5.73 Å². The number of amides is 1. The van der Waals surface area contributed by atoms with Crippen LogP contribution < -0.4 is 11.1 Å². The normalized spacial score (nSPS) is 16.7. The van der Waals surface area contributed by atoms with Crippen molar-refractivity contribution in [3.63, 3.8) is 0 Å². The number of hydrogen-bond donors (Lipinski definition) is 2. The first-order valence-corrected chi connectivity index (χ1v) is 6.82. The van der Waals surface area contributed by atoms with Crippen LogP contribution in [0.3, 0.4) is 0 Å². The molecule has 0 radical (unpaired) electrons. The zero-order valence-electron chi connectivity index (χ0n) is 8.07. The van der Waals surface area contributed by atoms with Gasteiger partial charge in [-0.25, -0.2) is 0 Å². The second-order valence-corrected chi connectivity index (χ2v) is 5.55. The molecule has 0 saturated carbocycles. The average Bonchev–Trinajstić information content (AvgIpc) is 2.16. The van der Waals surface area contributed by atoms with E-state index in [-0.39, 0.29) is 5.91 Å². The van der Waals surface area contributed by atoms with Crippen molar-refractivity contribution < 1.29 is 9.00 Å². The van der Waals surface area contributed by atoms with E-state index in [1.807, 2.05) is 0 Å². The van der Waals surface area contributed by atoms with Crippen LogP contribution >= 0.6 is 11.8 Å². The van der Waals surface area contributed by atoms with Crippen molar-refractivity contribution in [2.45, 2.75) is 9.79 Å². The lowest BCUT2D eigenvalue weighted by Gasteiger charge is -2.18. The van der Waals surface area contributed by atoms with Gasteiger partial charge in [-0.2, -0.15) is 0 Å². The van der Waals surface area contributed by atoms with Crippen LogP contribution in [-0.4, -0.2) is 22.1 Å². The van der Waals surface area contributed by atoms with Gasteiger partial charge in [-0.05, 0) is 12.1 Å². The number of benzene rings is 1. The number of anilines is 2. The Bertz CT molecular complexity index is 460. The van der Waals surface area contributed by atoms with Gasteiger partial charge in [0.2, 0.25) is 5.91 Å². The van der Waals surface area contributed by atoms with Crippen molar-refractivity contribution in [3.05, 3.63) is 12.1 Å². The molecule has 1 heterocycles. The molecule has 1 aromatic carbocycles.